The van der Waals surface area contributed by atoms with Gasteiger partial charge in [-0.3, -0.25) is 0 Å². The summed E-state index contributed by atoms with van der Waals surface area (Å²) in [6, 6.07) is 6.49. The number of hydrogen-bond acceptors (Lipinski definition) is 3. The van der Waals surface area contributed by atoms with Crippen molar-refractivity contribution < 1.29 is 0 Å². The smallest absolute Gasteiger partial charge is 0.170 e. The van der Waals surface area contributed by atoms with Gasteiger partial charge in [-0.1, -0.05) is 0 Å². The van der Waals surface area contributed by atoms with E-state index in [2.05, 4.69) is 20.6 Å². The zero-order valence-electron chi connectivity index (χ0n) is 9.18. The quantitative estimate of drug-likeness (QED) is 0.792. The van der Waals surface area contributed by atoms with Crippen LogP contribution < -0.4 is 10.6 Å². The third-order valence-electron chi connectivity index (χ3n) is 2.68. The van der Waals surface area contributed by atoms with Gasteiger partial charge in [0.1, 0.15) is 6.33 Å². The van der Waals surface area contributed by atoms with E-state index in [1.54, 1.807) is 12.5 Å². The first-order valence-corrected chi connectivity index (χ1v) is 5.99. The molecule has 1 heterocycles. The summed E-state index contributed by atoms with van der Waals surface area (Å²) in [7, 11) is 0. The average molecular weight is 244 g/mol. The van der Waals surface area contributed by atoms with Crippen LogP contribution in [0.4, 0.5) is 5.69 Å². The van der Waals surface area contributed by atoms with Crippen molar-refractivity contribution in [2.75, 3.05) is 5.32 Å². The number of anilines is 1. The topological polar surface area (TPSA) is 49.8 Å². The lowest BCUT2D eigenvalue weighted by molar-refractivity contribution is 0.919. The Labute approximate surface area is 104 Å². The molecule has 1 aliphatic rings. The molecule has 1 aliphatic carbocycles. The Bertz CT molecular complexity index is 565. The van der Waals surface area contributed by atoms with Crippen molar-refractivity contribution in [3.05, 3.63) is 30.7 Å². The van der Waals surface area contributed by atoms with Gasteiger partial charge in [0.2, 0.25) is 0 Å². The Balaban J connectivity index is 1.77. The second-order valence-corrected chi connectivity index (χ2v) is 4.58. The van der Waals surface area contributed by atoms with Crippen LogP contribution in [0, 0.1) is 0 Å². The highest BCUT2D eigenvalue weighted by Crippen LogP contribution is 2.20. The van der Waals surface area contributed by atoms with E-state index in [1.807, 2.05) is 18.2 Å². The van der Waals surface area contributed by atoms with Crippen LogP contribution in [0.2, 0.25) is 0 Å². The van der Waals surface area contributed by atoms with Crippen molar-refractivity contribution in [3.8, 4) is 0 Å². The number of hydrogen-bond donors (Lipinski definition) is 2. The number of aromatic nitrogens is 2. The molecule has 0 unspecified atom stereocenters. The highest BCUT2D eigenvalue weighted by atomic mass is 32.1. The molecule has 0 atom stereocenters. The number of thiocarbonyl (C=S) groups is 1. The fourth-order valence-corrected chi connectivity index (χ4v) is 1.93. The monoisotopic (exact) mass is 244 g/mol. The van der Waals surface area contributed by atoms with Crippen LogP contribution in [-0.2, 0) is 0 Å². The zero-order chi connectivity index (χ0) is 11.7. The zero-order valence-corrected chi connectivity index (χ0v) is 10.00. The Hall–Kier alpha value is -1.75. The molecule has 0 bridgehead atoms. The van der Waals surface area contributed by atoms with Gasteiger partial charge in [0.25, 0.3) is 0 Å². The van der Waals surface area contributed by atoms with Gasteiger partial charge >= 0.3 is 0 Å². The molecule has 86 valence electrons. The van der Waals surface area contributed by atoms with Crippen molar-refractivity contribution in [1.29, 1.82) is 0 Å². The van der Waals surface area contributed by atoms with Crippen LogP contribution >= 0.6 is 12.2 Å². The van der Waals surface area contributed by atoms with Crippen LogP contribution in [0.15, 0.2) is 30.7 Å². The molecular formula is C12H12N4S. The molecule has 2 N–H and O–H groups in total. The Morgan fingerprint density at radius 2 is 2.24 bits per heavy atom. The predicted molar refractivity (Wildman–Crippen MR) is 71.9 cm³/mol. The molecule has 0 amide bonds. The lowest BCUT2D eigenvalue weighted by Gasteiger charge is -2.09. The standard InChI is InChI=1S/C12H12N4S/c17-12(15-9-1-2-9)16-10-3-4-11-8(5-10)6-13-7-14-11/h3-7,9H,1-2H2,(H2,15,16,17). The average Bonchev–Trinajstić information content (AvgIpc) is 3.12. The van der Waals surface area contributed by atoms with Gasteiger partial charge in [0.15, 0.2) is 5.11 Å². The maximum atomic E-state index is 5.22. The minimum atomic E-state index is 0.568. The van der Waals surface area contributed by atoms with Crippen LogP contribution in [-0.4, -0.2) is 21.1 Å². The summed E-state index contributed by atoms with van der Waals surface area (Å²) in [5.74, 6) is 0. The van der Waals surface area contributed by atoms with E-state index in [-0.39, 0.29) is 0 Å². The lowest BCUT2D eigenvalue weighted by Crippen LogP contribution is -2.30. The SMILES string of the molecule is S=C(Nc1ccc2ncncc2c1)NC1CC1. The van der Waals surface area contributed by atoms with E-state index < -0.39 is 0 Å². The van der Waals surface area contributed by atoms with E-state index >= 15 is 0 Å². The van der Waals surface area contributed by atoms with E-state index in [9.17, 15) is 0 Å². The highest BCUT2D eigenvalue weighted by Gasteiger charge is 2.21. The van der Waals surface area contributed by atoms with Crippen molar-refractivity contribution in [1.82, 2.24) is 15.3 Å². The molecule has 0 radical (unpaired) electrons. The van der Waals surface area contributed by atoms with Gasteiger partial charge in [-0.05, 0) is 43.3 Å². The van der Waals surface area contributed by atoms with Crippen LogP contribution in [0.5, 0.6) is 0 Å². The first kappa shape index (κ1) is 10.4. The first-order valence-electron chi connectivity index (χ1n) is 5.58. The van der Waals surface area contributed by atoms with Crippen LogP contribution in [0.3, 0.4) is 0 Å². The molecule has 1 saturated carbocycles. The molecule has 0 saturated heterocycles. The van der Waals surface area contributed by atoms with Gasteiger partial charge in [-0.2, -0.15) is 0 Å². The molecule has 2 aromatic rings. The normalized spacial score (nSPS) is 14.6. The van der Waals surface area contributed by atoms with Crippen LogP contribution in [0.1, 0.15) is 12.8 Å². The summed E-state index contributed by atoms with van der Waals surface area (Å²) in [6.07, 6.45) is 5.78. The fourth-order valence-electron chi connectivity index (χ4n) is 1.64. The molecule has 4 nitrogen and oxygen atoms in total. The predicted octanol–water partition coefficient (Wildman–Crippen LogP) is 2.08. The molecular weight excluding hydrogens is 232 g/mol. The minimum Gasteiger partial charge on any atom is -0.360 e. The number of nitrogens with one attached hydrogen (secondary N) is 2. The summed E-state index contributed by atoms with van der Waals surface area (Å²) in [5, 5.41) is 8.10. The van der Waals surface area contributed by atoms with Gasteiger partial charge < -0.3 is 10.6 Å². The number of fused-ring (bicyclic) bond motifs is 1. The summed E-state index contributed by atoms with van der Waals surface area (Å²) >= 11 is 5.22. The van der Waals surface area contributed by atoms with Gasteiger partial charge in [0.05, 0.1) is 5.52 Å². The Morgan fingerprint density at radius 3 is 3.06 bits per heavy atom. The second kappa shape index (κ2) is 4.25. The third kappa shape index (κ3) is 2.50. The van der Waals surface area contributed by atoms with E-state index in [0.29, 0.717) is 11.2 Å². The van der Waals surface area contributed by atoms with Gasteiger partial charge in [-0.25, -0.2) is 9.97 Å². The fraction of sp³-hybridized carbons (Fsp3) is 0.250. The van der Waals surface area contributed by atoms with Crippen molar-refractivity contribution in [2.45, 2.75) is 18.9 Å². The Morgan fingerprint density at radius 1 is 1.35 bits per heavy atom. The maximum absolute atomic E-state index is 5.22. The Kier molecular flexibility index (Phi) is 2.60. The van der Waals surface area contributed by atoms with E-state index in [0.717, 1.165) is 16.6 Å². The summed E-state index contributed by atoms with van der Waals surface area (Å²) in [6.45, 7) is 0. The van der Waals surface area contributed by atoms with Crippen molar-refractivity contribution >= 4 is 33.9 Å². The van der Waals surface area contributed by atoms with E-state index in [4.69, 9.17) is 12.2 Å². The largest absolute Gasteiger partial charge is 0.360 e. The third-order valence-corrected chi connectivity index (χ3v) is 2.89. The molecule has 1 fully saturated rings. The molecule has 5 heteroatoms. The van der Waals surface area contributed by atoms with E-state index in [1.165, 1.54) is 12.8 Å². The molecule has 0 spiro atoms. The lowest BCUT2D eigenvalue weighted by atomic mass is 10.2. The van der Waals surface area contributed by atoms with Crippen molar-refractivity contribution in [3.63, 3.8) is 0 Å². The number of rotatable bonds is 2. The maximum Gasteiger partial charge on any atom is 0.170 e. The molecule has 3 rings (SSSR count). The molecule has 1 aromatic heterocycles. The van der Waals surface area contributed by atoms with Crippen LogP contribution in [0.25, 0.3) is 10.9 Å². The van der Waals surface area contributed by atoms with Gasteiger partial charge in [-0.15, -0.1) is 0 Å². The summed E-state index contributed by atoms with van der Waals surface area (Å²) < 4.78 is 0. The molecule has 0 aliphatic heterocycles. The second-order valence-electron chi connectivity index (χ2n) is 4.17. The van der Waals surface area contributed by atoms with Gasteiger partial charge in [0, 0.05) is 23.3 Å². The highest BCUT2D eigenvalue weighted by molar-refractivity contribution is 7.80. The summed E-state index contributed by atoms with van der Waals surface area (Å²) in [5.41, 5.74) is 1.90. The minimum absolute atomic E-state index is 0.568. The van der Waals surface area contributed by atoms with Crippen molar-refractivity contribution in [2.24, 2.45) is 0 Å². The molecule has 17 heavy (non-hydrogen) atoms. The summed E-state index contributed by atoms with van der Waals surface area (Å²) in [4.78, 5) is 8.18. The molecule has 1 aromatic carbocycles. The first-order chi connectivity index (χ1) is 8.31. The number of benzene rings is 1. The number of nitrogens with zero attached hydrogens (tertiary/aromatic N) is 2.